The van der Waals surface area contributed by atoms with Gasteiger partial charge in [0.05, 0.1) is 35.9 Å². The summed E-state index contributed by atoms with van der Waals surface area (Å²) in [4.78, 5) is 10.8. The molecule has 0 fully saturated rings. The molecule has 2 aromatic rings. The topological polar surface area (TPSA) is 95.2 Å². The fourth-order valence-corrected chi connectivity index (χ4v) is 4.68. The second-order valence-electron chi connectivity index (χ2n) is 8.08. The fraction of sp³-hybridized carbons (Fsp3) is 0.292. The van der Waals surface area contributed by atoms with Crippen LogP contribution >= 0.6 is 0 Å². The van der Waals surface area contributed by atoms with Crippen LogP contribution in [0.1, 0.15) is 34.6 Å². The molecule has 0 saturated carbocycles. The number of benzene rings is 2. The molecule has 0 spiro atoms. The number of ether oxygens (including phenoxy) is 2. The lowest BCUT2D eigenvalue weighted by atomic mass is 9.91. The zero-order chi connectivity index (χ0) is 21.5. The second kappa shape index (κ2) is 7.47. The number of aryl methyl sites for hydroxylation is 1. The van der Waals surface area contributed by atoms with Gasteiger partial charge in [0.25, 0.3) is 0 Å². The maximum Gasteiger partial charge on any atom is 0.511 e. The summed E-state index contributed by atoms with van der Waals surface area (Å²) in [5.74, 6) is 1.21. The van der Waals surface area contributed by atoms with Gasteiger partial charge in [-0.25, -0.2) is 4.79 Å². The second-order valence-corrected chi connectivity index (χ2v) is 8.08. The Morgan fingerprint density at radius 3 is 2.97 bits per heavy atom. The van der Waals surface area contributed by atoms with Gasteiger partial charge in [0.15, 0.2) is 0 Å². The minimum atomic E-state index is -1.35. The third-order valence-corrected chi connectivity index (χ3v) is 6.18. The van der Waals surface area contributed by atoms with Crippen molar-refractivity contribution in [1.82, 2.24) is 5.01 Å². The summed E-state index contributed by atoms with van der Waals surface area (Å²) in [5.41, 5.74) is 4.74. The summed E-state index contributed by atoms with van der Waals surface area (Å²) in [6, 6.07) is 13.5. The van der Waals surface area contributed by atoms with E-state index < -0.39 is 6.16 Å². The van der Waals surface area contributed by atoms with E-state index in [0.717, 1.165) is 29.8 Å². The first-order chi connectivity index (χ1) is 15.0. The van der Waals surface area contributed by atoms with E-state index in [1.165, 1.54) is 5.56 Å². The normalized spacial score (nSPS) is 23.4. The smallest absolute Gasteiger partial charge is 0.492 e. The van der Waals surface area contributed by atoms with Gasteiger partial charge < -0.3 is 14.6 Å². The molecule has 2 heterocycles. The Balaban J connectivity index is 1.41. The predicted molar refractivity (Wildman–Crippen MR) is 114 cm³/mol. The summed E-state index contributed by atoms with van der Waals surface area (Å²) >= 11 is 0. The van der Waals surface area contributed by atoms with Crippen LogP contribution in [-0.4, -0.2) is 41.2 Å². The molecule has 7 nitrogen and oxygen atoms in total. The highest BCUT2D eigenvalue weighted by molar-refractivity contribution is 6.06. The Labute approximate surface area is 179 Å². The SMILES string of the molecule is Cc1cc(C2C=CCC2N2CC3COc4cc(OC(=O)O)ccc4C3=N2)ccc1C#N. The molecule has 1 N–H and O–H groups in total. The number of hydrogen-bond donors (Lipinski definition) is 1. The van der Waals surface area contributed by atoms with Crippen molar-refractivity contribution in [2.24, 2.45) is 11.0 Å². The van der Waals surface area contributed by atoms with Crippen molar-refractivity contribution < 1.29 is 19.4 Å². The first-order valence-corrected chi connectivity index (χ1v) is 10.2. The molecule has 3 aliphatic rings. The number of carbonyl (C=O) groups is 1. The van der Waals surface area contributed by atoms with Gasteiger partial charge in [0.2, 0.25) is 0 Å². The van der Waals surface area contributed by atoms with Gasteiger partial charge in [-0.1, -0.05) is 24.3 Å². The van der Waals surface area contributed by atoms with Crippen LogP contribution in [0.3, 0.4) is 0 Å². The predicted octanol–water partition coefficient (Wildman–Crippen LogP) is 4.06. The van der Waals surface area contributed by atoms with E-state index in [0.29, 0.717) is 17.9 Å². The fourth-order valence-electron chi connectivity index (χ4n) is 4.68. The summed E-state index contributed by atoms with van der Waals surface area (Å²) in [6.07, 6.45) is 3.99. The van der Waals surface area contributed by atoms with Crippen LogP contribution < -0.4 is 9.47 Å². The Kier molecular flexibility index (Phi) is 4.63. The number of fused-ring (bicyclic) bond motifs is 3. The van der Waals surface area contributed by atoms with Crippen molar-refractivity contribution in [2.75, 3.05) is 13.2 Å². The van der Waals surface area contributed by atoms with Crippen molar-refractivity contribution in [3.8, 4) is 17.6 Å². The minimum Gasteiger partial charge on any atom is -0.492 e. The summed E-state index contributed by atoms with van der Waals surface area (Å²) in [5, 5.41) is 25.2. The molecular formula is C24H21N3O4. The molecule has 3 atom stereocenters. The Bertz CT molecular complexity index is 1160. The lowest BCUT2D eigenvalue weighted by molar-refractivity contribution is 0.144. The molecule has 156 valence electrons. The van der Waals surface area contributed by atoms with Crippen LogP contribution in [0.2, 0.25) is 0 Å². The molecule has 1 aliphatic carbocycles. The highest BCUT2D eigenvalue weighted by Gasteiger charge is 2.39. The molecule has 0 radical (unpaired) electrons. The van der Waals surface area contributed by atoms with Crippen LogP contribution in [0.25, 0.3) is 0 Å². The van der Waals surface area contributed by atoms with Crippen molar-refractivity contribution in [1.29, 1.82) is 5.26 Å². The first-order valence-electron chi connectivity index (χ1n) is 10.2. The molecule has 7 heteroatoms. The Morgan fingerprint density at radius 2 is 2.19 bits per heavy atom. The number of nitrogens with zero attached hydrogens (tertiary/aromatic N) is 3. The number of hydrogen-bond acceptors (Lipinski definition) is 6. The van der Waals surface area contributed by atoms with Crippen molar-refractivity contribution >= 4 is 11.9 Å². The molecule has 0 aromatic heterocycles. The van der Waals surface area contributed by atoms with E-state index in [1.54, 1.807) is 12.1 Å². The van der Waals surface area contributed by atoms with E-state index in [2.05, 4.69) is 29.3 Å². The van der Waals surface area contributed by atoms with Crippen molar-refractivity contribution in [3.05, 3.63) is 70.8 Å². The molecule has 5 rings (SSSR count). The van der Waals surface area contributed by atoms with Crippen molar-refractivity contribution in [3.63, 3.8) is 0 Å². The van der Waals surface area contributed by atoms with Crippen LogP contribution in [-0.2, 0) is 0 Å². The van der Waals surface area contributed by atoms with Gasteiger partial charge in [-0.15, -0.1) is 0 Å². The summed E-state index contributed by atoms with van der Waals surface area (Å²) in [7, 11) is 0. The lowest BCUT2D eigenvalue weighted by Gasteiger charge is -2.29. The van der Waals surface area contributed by atoms with E-state index >= 15 is 0 Å². The zero-order valence-corrected chi connectivity index (χ0v) is 17.0. The monoisotopic (exact) mass is 415 g/mol. The van der Waals surface area contributed by atoms with Gasteiger partial charge >= 0.3 is 6.16 Å². The van der Waals surface area contributed by atoms with E-state index in [4.69, 9.17) is 19.7 Å². The molecule has 3 unspecified atom stereocenters. The quantitative estimate of drug-likeness (QED) is 0.461. The molecule has 2 aromatic carbocycles. The maximum atomic E-state index is 10.8. The van der Waals surface area contributed by atoms with Crippen molar-refractivity contribution in [2.45, 2.75) is 25.3 Å². The van der Waals surface area contributed by atoms with Gasteiger partial charge in [-0.2, -0.15) is 10.4 Å². The first kappa shape index (κ1) is 19.2. The highest BCUT2D eigenvalue weighted by Crippen LogP contribution is 2.39. The van der Waals surface area contributed by atoms with Gasteiger partial charge in [0.1, 0.15) is 11.5 Å². The number of carboxylic acid groups (broad SMARTS) is 1. The molecule has 0 saturated heterocycles. The maximum absolute atomic E-state index is 10.8. The average Bonchev–Trinajstić information content (AvgIpc) is 3.40. The highest BCUT2D eigenvalue weighted by atomic mass is 16.7. The van der Waals surface area contributed by atoms with E-state index in [1.807, 2.05) is 25.1 Å². The molecule has 2 aliphatic heterocycles. The van der Waals surface area contributed by atoms with Crippen LogP contribution in [0.15, 0.2) is 53.7 Å². The third-order valence-electron chi connectivity index (χ3n) is 6.18. The number of hydrazone groups is 1. The summed E-state index contributed by atoms with van der Waals surface area (Å²) < 4.78 is 10.6. The number of nitriles is 1. The molecule has 0 bridgehead atoms. The molecular weight excluding hydrogens is 394 g/mol. The van der Waals surface area contributed by atoms with Gasteiger partial charge in [-0.3, -0.25) is 5.01 Å². The Morgan fingerprint density at radius 1 is 1.32 bits per heavy atom. The molecule has 0 amide bonds. The largest absolute Gasteiger partial charge is 0.511 e. The van der Waals surface area contributed by atoms with Crippen LogP contribution in [0.5, 0.6) is 11.5 Å². The summed E-state index contributed by atoms with van der Waals surface area (Å²) in [6.45, 7) is 3.25. The zero-order valence-electron chi connectivity index (χ0n) is 17.0. The third kappa shape index (κ3) is 3.40. The van der Waals surface area contributed by atoms with Gasteiger partial charge in [0, 0.05) is 24.1 Å². The van der Waals surface area contributed by atoms with Gasteiger partial charge in [-0.05, 0) is 42.7 Å². The lowest BCUT2D eigenvalue weighted by Crippen LogP contribution is -2.35. The Hall–Kier alpha value is -3.79. The average molecular weight is 415 g/mol. The van der Waals surface area contributed by atoms with E-state index in [-0.39, 0.29) is 23.6 Å². The molecule has 31 heavy (non-hydrogen) atoms. The standard InChI is InChI=1S/C24H21N3O4/c1-14-9-15(5-6-16(14)11-25)19-3-2-4-21(19)27-12-17-13-30-22-10-18(31-24(28)29)7-8-20(22)23(17)26-27/h2-3,5-10,17,19,21H,4,12-13H2,1H3,(H,28,29). The minimum absolute atomic E-state index is 0.169. The van der Waals surface area contributed by atoms with Crippen LogP contribution in [0.4, 0.5) is 4.79 Å². The van der Waals surface area contributed by atoms with E-state index in [9.17, 15) is 10.1 Å². The van der Waals surface area contributed by atoms with Crippen LogP contribution in [0, 0.1) is 24.2 Å². The number of rotatable bonds is 3.